The fourth-order valence-corrected chi connectivity index (χ4v) is 2.86. The third kappa shape index (κ3) is 2.88. The van der Waals surface area contributed by atoms with Gasteiger partial charge in [-0.05, 0) is 50.5 Å². The quantitative estimate of drug-likeness (QED) is 0.740. The summed E-state index contributed by atoms with van der Waals surface area (Å²) in [7, 11) is 0. The van der Waals surface area contributed by atoms with Crippen LogP contribution in [0.4, 0.5) is 0 Å². The molecule has 1 aliphatic carbocycles. The van der Waals surface area contributed by atoms with E-state index in [9.17, 15) is 5.26 Å². The fraction of sp³-hybridized carbons (Fsp3) is 0.562. The van der Waals surface area contributed by atoms with Gasteiger partial charge in [-0.15, -0.1) is 0 Å². The Bertz CT molecular complexity index is 419. The maximum Gasteiger partial charge on any atom is 0.0693 e. The van der Waals surface area contributed by atoms with Crippen LogP contribution in [0, 0.1) is 29.6 Å². The van der Waals surface area contributed by atoms with Crippen LogP contribution in [0.3, 0.4) is 0 Å². The molecule has 0 aliphatic heterocycles. The topological polar surface area (TPSA) is 23.8 Å². The summed E-state index contributed by atoms with van der Waals surface area (Å²) >= 11 is 0. The van der Waals surface area contributed by atoms with E-state index in [2.05, 4.69) is 44.2 Å². The third-order valence-electron chi connectivity index (χ3n) is 4.09. The predicted octanol–water partition coefficient (Wildman–Crippen LogP) is 4.26. The second-order valence-corrected chi connectivity index (χ2v) is 5.74. The summed E-state index contributed by atoms with van der Waals surface area (Å²) < 4.78 is 0. The van der Waals surface area contributed by atoms with Crippen LogP contribution < -0.4 is 0 Å². The summed E-state index contributed by atoms with van der Waals surface area (Å²) in [6, 6.07) is 11.2. The van der Waals surface area contributed by atoms with Crippen molar-refractivity contribution in [3.05, 3.63) is 35.4 Å². The Balaban J connectivity index is 2.13. The van der Waals surface area contributed by atoms with Crippen LogP contribution in [0.1, 0.15) is 43.7 Å². The average Bonchev–Trinajstić information content (AvgIpc) is 2.33. The van der Waals surface area contributed by atoms with Crippen molar-refractivity contribution in [1.82, 2.24) is 0 Å². The highest BCUT2D eigenvalue weighted by atomic mass is 14.4. The first-order valence-electron chi connectivity index (χ1n) is 6.60. The lowest BCUT2D eigenvalue weighted by molar-refractivity contribution is 0.219. The van der Waals surface area contributed by atoms with Gasteiger partial charge in [-0.3, -0.25) is 0 Å². The zero-order valence-corrected chi connectivity index (χ0v) is 10.9. The van der Waals surface area contributed by atoms with Gasteiger partial charge >= 0.3 is 0 Å². The highest BCUT2D eigenvalue weighted by molar-refractivity contribution is 5.25. The standard InChI is InChI=1S/C16H21N/c1-13-6-8-16(12-17,9-7-13)11-15-5-3-4-14(2)10-15/h3-5,10,13H,6-9,11H2,1-2H3. The van der Waals surface area contributed by atoms with E-state index in [0.29, 0.717) is 0 Å². The molecular formula is C16H21N. The monoisotopic (exact) mass is 227 g/mol. The molecule has 0 heterocycles. The summed E-state index contributed by atoms with van der Waals surface area (Å²) in [5.74, 6) is 0.800. The second-order valence-electron chi connectivity index (χ2n) is 5.74. The molecule has 1 nitrogen and oxygen atoms in total. The van der Waals surface area contributed by atoms with Gasteiger partial charge in [0.2, 0.25) is 0 Å². The second kappa shape index (κ2) is 4.92. The zero-order valence-electron chi connectivity index (χ0n) is 10.9. The lowest BCUT2D eigenvalue weighted by Gasteiger charge is -2.33. The van der Waals surface area contributed by atoms with Crippen molar-refractivity contribution in [3.63, 3.8) is 0 Å². The number of benzene rings is 1. The Kier molecular flexibility index (Phi) is 3.52. The van der Waals surface area contributed by atoms with Crippen LogP contribution in [-0.4, -0.2) is 0 Å². The molecule has 1 aromatic carbocycles. The fourth-order valence-electron chi connectivity index (χ4n) is 2.86. The van der Waals surface area contributed by atoms with Crippen LogP contribution >= 0.6 is 0 Å². The SMILES string of the molecule is Cc1cccc(CC2(C#N)CCC(C)CC2)c1. The lowest BCUT2D eigenvalue weighted by Crippen LogP contribution is -2.27. The van der Waals surface area contributed by atoms with Gasteiger partial charge < -0.3 is 0 Å². The molecule has 0 N–H and O–H groups in total. The maximum absolute atomic E-state index is 9.51. The number of nitrogens with zero attached hydrogens (tertiary/aromatic N) is 1. The van der Waals surface area contributed by atoms with Gasteiger partial charge in [-0.2, -0.15) is 5.26 Å². The van der Waals surface area contributed by atoms with Crippen LogP contribution in [-0.2, 0) is 6.42 Å². The number of rotatable bonds is 2. The van der Waals surface area contributed by atoms with Crippen LogP contribution in [0.25, 0.3) is 0 Å². The Morgan fingerprint density at radius 2 is 2.06 bits per heavy atom. The van der Waals surface area contributed by atoms with E-state index < -0.39 is 0 Å². The molecule has 0 atom stereocenters. The van der Waals surface area contributed by atoms with E-state index in [4.69, 9.17) is 0 Å². The molecule has 0 unspecified atom stereocenters. The first-order valence-corrected chi connectivity index (χ1v) is 6.60. The van der Waals surface area contributed by atoms with E-state index in [1.807, 2.05) is 0 Å². The molecule has 0 saturated heterocycles. The number of aryl methyl sites for hydroxylation is 1. The van der Waals surface area contributed by atoms with Crippen molar-refractivity contribution >= 4 is 0 Å². The van der Waals surface area contributed by atoms with Crippen molar-refractivity contribution in [2.45, 2.75) is 46.0 Å². The van der Waals surface area contributed by atoms with Gasteiger partial charge in [-0.1, -0.05) is 36.8 Å². The first kappa shape index (κ1) is 12.2. The van der Waals surface area contributed by atoms with E-state index in [-0.39, 0.29) is 5.41 Å². The molecule has 17 heavy (non-hydrogen) atoms. The molecule has 0 radical (unpaired) electrons. The zero-order chi connectivity index (χ0) is 12.3. The minimum Gasteiger partial charge on any atom is -0.198 e. The van der Waals surface area contributed by atoms with Crippen molar-refractivity contribution in [3.8, 4) is 6.07 Å². The lowest BCUT2D eigenvalue weighted by atomic mass is 9.69. The Morgan fingerprint density at radius 1 is 1.35 bits per heavy atom. The summed E-state index contributed by atoms with van der Waals surface area (Å²) in [6.07, 6.45) is 5.48. The molecule has 0 bridgehead atoms. The molecule has 90 valence electrons. The van der Waals surface area contributed by atoms with Crippen LogP contribution in [0.15, 0.2) is 24.3 Å². The molecule has 0 amide bonds. The highest BCUT2D eigenvalue weighted by Gasteiger charge is 2.34. The molecular weight excluding hydrogens is 206 g/mol. The van der Waals surface area contributed by atoms with Gasteiger partial charge in [0.25, 0.3) is 0 Å². The molecule has 0 aromatic heterocycles. The van der Waals surface area contributed by atoms with Crippen molar-refractivity contribution in [2.24, 2.45) is 11.3 Å². The smallest absolute Gasteiger partial charge is 0.0693 e. The average molecular weight is 227 g/mol. The molecule has 1 aliphatic rings. The molecule has 1 aromatic rings. The first-order chi connectivity index (χ1) is 8.13. The van der Waals surface area contributed by atoms with E-state index in [0.717, 1.165) is 25.2 Å². The van der Waals surface area contributed by atoms with Crippen LogP contribution in [0.5, 0.6) is 0 Å². The highest BCUT2D eigenvalue weighted by Crippen LogP contribution is 2.40. The van der Waals surface area contributed by atoms with Gasteiger partial charge in [0.15, 0.2) is 0 Å². The normalized spacial score (nSPS) is 28.6. The molecule has 0 spiro atoms. The number of hydrogen-bond acceptors (Lipinski definition) is 1. The third-order valence-corrected chi connectivity index (χ3v) is 4.09. The van der Waals surface area contributed by atoms with E-state index in [1.165, 1.54) is 24.0 Å². The molecule has 1 fully saturated rings. The molecule has 2 rings (SSSR count). The van der Waals surface area contributed by atoms with Gasteiger partial charge in [0.1, 0.15) is 0 Å². The Morgan fingerprint density at radius 3 is 2.65 bits per heavy atom. The minimum absolute atomic E-state index is 0.0969. The van der Waals surface area contributed by atoms with Gasteiger partial charge in [0, 0.05) is 0 Å². The summed E-state index contributed by atoms with van der Waals surface area (Å²) in [4.78, 5) is 0. The molecule has 1 heteroatoms. The van der Waals surface area contributed by atoms with E-state index >= 15 is 0 Å². The molecule has 1 saturated carbocycles. The predicted molar refractivity (Wildman–Crippen MR) is 70.6 cm³/mol. The summed E-state index contributed by atoms with van der Waals surface area (Å²) in [6.45, 7) is 4.42. The number of hydrogen-bond donors (Lipinski definition) is 0. The van der Waals surface area contributed by atoms with Crippen LogP contribution in [0.2, 0.25) is 0 Å². The number of nitriles is 1. The van der Waals surface area contributed by atoms with Crippen molar-refractivity contribution < 1.29 is 0 Å². The van der Waals surface area contributed by atoms with Gasteiger partial charge in [-0.25, -0.2) is 0 Å². The van der Waals surface area contributed by atoms with Crippen molar-refractivity contribution in [1.29, 1.82) is 5.26 Å². The maximum atomic E-state index is 9.51. The Labute approximate surface area is 104 Å². The van der Waals surface area contributed by atoms with Gasteiger partial charge in [0.05, 0.1) is 11.5 Å². The van der Waals surface area contributed by atoms with Crippen molar-refractivity contribution in [2.75, 3.05) is 0 Å². The minimum atomic E-state index is -0.0969. The Hall–Kier alpha value is -1.29. The summed E-state index contributed by atoms with van der Waals surface area (Å²) in [5, 5.41) is 9.51. The largest absolute Gasteiger partial charge is 0.198 e. The van der Waals surface area contributed by atoms with E-state index in [1.54, 1.807) is 0 Å². The summed E-state index contributed by atoms with van der Waals surface area (Å²) in [5.41, 5.74) is 2.51.